The third-order valence-electron chi connectivity index (χ3n) is 5.35. The Kier molecular flexibility index (Phi) is 8.35. The molecule has 1 saturated heterocycles. The highest BCUT2D eigenvalue weighted by Gasteiger charge is 2.26. The van der Waals surface area contributed by atoms with Crippen LogP contribution in [0.25, 0.3) is 0 Å². The summed E-state index contributed by atoms with van der Waals surface area (Å²) in [6.45, 7) is 0.470. The molecule has 0 radical (unpaired) electrons. The highest BCUT2D eigenvalue weighted by molar-refractivity contribution is 7.89. The Morgan fingerprint density at radius 2 is 1.47 bits per heavy atom. The molecule has 0 aliphatic carbocycles. The number of carbonyl (C=O) groups excluding carboxylic acids is 2. The van der Waals surface area contributed by atoms with Gasteiger partial charge in [0.15, 0.2) is 18.1 Å². The number of benzene rings is 2. The maximum absolute atomic E-state index is 12.7. The standard InChI is InChI=1S/C23H28N2O8S/c1-30-19-14-21(32-3)20(31-2)13-18(19)23(27)33-15-22(26)24-16-7-9-17(10-8-16)34(28,29)25-11-5-4-6-12-25/h7-10,13-14H,4-6,11-12,15H2,1-3H3,(H,24,26). The second kappa shape index (κ2) is 11.2. The zero-order valence-corrected chi connectivity index (χ0v) is 20.1. The van der Waals surface area contributed by atoms with Gasteiger partial charge in [-0.3, -0.25) is 4.79 Å². The number of carbonyl (C=O) groups is 2. The first kappa shape index (κ1) is 25.3. The lowest BCUT2D eigenvalue weighted by Crippen LogP contribution is -2.35. The number of amides is 1. The zero-order chi connectivity index (χ0) is 24.7. The van der Waals surface area contributed by atoms with Crippen LogP contribution < -0.4 is 19.5 Å². The predicted molar refractivity (Wildman–Crippen MR) is 124 cm³/mol. The predicted octanol–water partition coefficient (Wildman–Crippen LogP) is 2.68. The first-order valence-electron chi connectivity index (χ1n) is 10.7. The second-order valence-corrected chi connectivity index (χ2v) is 9.46. The molecule has 2 aromatic carbocycles. The minimum Gasteiger partial charge on any atom is -0.496 e. The van der Waals surface area contributed by atoms with Crippen molar-refractivity contribution in [3.8, 4) is 17.2 Å². The monoisotopic (exact) mass is 492 g/mol. The molecule has 3 rings (SSSR count). The van der Waals surface area contributed by atoms with Gasteiger partial charge < -0.3 is 24.3 Å². The first-order valence-corrected chi connectivity index (χ1v) is 12.1. The van der Waals surface area contributed by atoms with Crippen LogP contribution in [0.4, 0.5) is 5.69 Å². The smallest absolute Gasteiger partial charge is 0.342 e. The summed E-state index contributed by atoms with van der Waals surface area (Å²) in [4.78, 5) is 24.9. The van der Waals surface area contributed by atoms with Crippen molar-refractivity contribution in [2.45, 2.75) is 24.2 Å². The topological polar surface area (TPSA) is 120 Å². The highest BCUT2D eigenvalue weighted by atomic mass is 32.2. The zero-order valence-electron chi connectivity index (χ0n) is 19.3. The Morgan fingerprint density at radius 3 is 2.06 bits per heavy atom. The van der Waals surface area contributed by atoms with E-state index in [-0.39, 0.29) is 16.2 Å². The van der Waals surface area contributed by atoms with Crippen molar-refractivity contribution < 1.29 is 37.0 Å². The van der Waals surface area contributed by atoms with Crippen LogP contribution in [0.3, 0.4) is 0 Å². The van der Waals surface area contributed by atoms with Crippen molar-refractivity contribution >= 4 is 27.6 Å². The molecule has 0 spiro atoms. The van der Waals surface area contributed by atoms with Gasteiger partial charge in [0.1, 0.15) is 11.3 Å². The van der Waals surface area contributed by atoms with E-state index in [0.29, 0.717) is 30.3 Å². The average molecular weight is 493 g/mol. The number of esters is 1. The summed E-state index contributed by atoms with van der Waals surface area (Å²) in [5.74, 6) is -0.484. The number of rotatable bonds is 9. The molecule has 11 heteroatoms. The van der Waals surface area contributed by atoms with Gasteiger partial charge >= 0.3 is 5.97 Å². The molecule has 10 nitrogen and oxygen atoms in total. The molecule has 0 saturated carbocycles. The largest absolute Gasteiger partial charge is 0.496 e. The van der Waals surface area contributed by atoms with Crippen molar-refractivity contribution in [1.29, 1.82) is 0 Å². The van der Waals surface area contributed by atoms with Crippen molar-refractivity contribution in [1.82, 2.24) is 4.31 Å². The lowest BCUT2D eigenvalue weighted by Gasteiger charge is -2.25. The van der Waals surface area contributed by atoms with Gasteiger partial charge in [0.25, 0.3) is 5.91 Å². The Balaban J connectivity index is 1.60. The van der Waals surface area contributed by atoms with Crippen LogP contribution in [-0.2, 0) is 19.6 Å². The molecule has 1 fully saturated rings. The maximum atomic E-state index is 12.7. The molecule has 34 heavy (non-hydrogen) atoms. The molecule has 2 aromatic rings. The van der Waals surface area contributed by atoms with Gasteiger partial charge in [0, 0.05) is 30.9 Å². The van der Waals surface area contributed by atoms with E-state index in [9.17, 15) is 18.0 Å². The normalized spacial score (nSPS) is 14.2. The van der Waals surface area contributed by atoms with Crippen molar-refractivity contribution in [3.05, 3.63) is 42.0 Å². The van der Waals surface area contributed by atoms with Crippen LogP contribution in [0.2, 0.25) is 0 Å². The van der Waals surface area contributed by atoms with Crippen LogP contribution in [-0.4, -0.2) is 65.6 Å². The fourth-order valence-corrected chi connectivity index (χ4v) is 5.08. The molecular formula is C23H28N2O8S. The van der Waals surface area contributed by atoms with Crippen LogP contribution >= 0.6 is 0 Å². The molecule has 1 heterocycles. The molecule has 0 unspecified atom stereocenters. The van der Waals surface area contributed by atoms with E-state index >= 15 is 0 Å². The van der Waals surface area contributed by atoms with E-state index in [1.807, 2.05) is 0 Å². The maximum Gasteiger partial charge on any atom is 0.342 e. The number of piperidine rings is 1. The van der Waals surface area contributed by atoms with Crippen LogP contribution in [0.5, 0.6) is 17.2 Å². The number of hydrogen-bond donors (Lipinski definition) is 1. The summed E-state index contributed by atoms with van der Waals surface area (Å²) in [6.07, 6.45) is 2.73. The molecule has 1 N–H and O–H groups in total. The summed E-state index contributed by atoms with van der Waals surface area (Å²) in [5.41, 5.74) is 0.447. The second-order valence-electron chi connectivity index (χ2n) is 7.52. The van der Waals surface area contributed by atoms with Crippen LogP contribution in [0.1, 0.15) is 29.6 Å². The fourth-order valence-electron chi connectivity index (χ4n) is 3.56. The molecule has 1 aliphatic heterocycles. The number of methoxy groups -OCH3 is 3. The fraction of sp³-hybridized carbons (Fsp3) is 0.391. The lowest BCUT2D eigenvalue weighted by molar-refractivity contribution is -0.119. The molecule has 1 amide bonds. The van der Waals surface area contributed by atoms with E-state index in [1.165, 1.54) is 62.0 Å². The number of sulfonamides is 1. The Bertz CT molecular complexity index is 1130. The van der Waals surface area contributed by atoms with E-state index < -0.39 is 28.5 Å². The van der Waals surface area contributed by atoms with Crippen LogP contribution in [0, 0.1) is 0 Å². The third-order valence-corrected chi connectivity index (χ3v) is 7.26. The summed E-state index contributed by atoms with van der Waals surface area (Å²) < 4.78 is 47.6. The minimum absolute atomic E-state index is 0.0697. The van der Waals surface area contributed by atoms with E-state index in [4.69, 9.17) is 18.9 Å². The number of ether oxygens (including phenoxy) is 4. The molecule has 0 bridgehead atoms. The lowest BCUT2D eigenvalue weighted by atomic mass is 10.1. The SMILES string of the molecule is COc1cc(OC)c(C(=O)OCC(=O)Nc2ccc(S(=O)(=O)N3CCCCC3)cc2)cc1OC. The Hall–Kier alpha value is -3.31. The average Bonchev–Trinajstić information content (AvgIpc) is 2.87. The summed E-state index contributed by atoms with van der Waals surface area (Å²) in [7, 11) is 0.712. The highest BCUT2D eigenvalue weighted by Crippen LogP contribution is 2.35. The van der Waals surface area contributed by atoms with Crippen molar-refractivity contribution in [2.24, 2.45) is 0 Å². The van der Waals surface area contributed by atoms with Gasteiger partial charge in [-0.25, -0.2) is 13.2 Å². The number of anilines is 1. The molecule has 1 aliphatic rings. The molecular weight excluding hydrogens is 464 g/mol. The number of nitrogens with one attached hydrogen (secondary N) is 1. The van der Waals surface area contributed by atoms with Crippen LogP contribution in [0.15, 0.2) is 41.3 Å². The summed E-state index contributed by atoms with van der Waals surface area (Å²) in [5, 5.41) is 2.58. The van der Waals surface area contributed by atoms with Gasteiger partial charge in [-0.15, -0.1) is 0 Å². The summed E-state index contributed by atoms with van der Waals surface area (Å²) in [6, 6.07) is 8.76. The number of hydrogen-bond acceptors (Lipinski definition) is 8. The van der Waals surface area contributed by atoms with Gasteiger partial charge in [-0.2, -0.15) is 4.31 Å². The van der Waals surface area contributed by atoms with Crippen molar-refractivity contribution in [2.75, 3.05) is 46.3 Å². The van der Waals surface area contributed by atoms with Gasteiger partial charge in [0.05, 0.1) is 26.2 Å². The van der Waals surface area contributed by atoms with E-state index in [0.717, 1.165) is 19.3 Å². The molecule has 0 aromatic heterocycles. The third kappa shape index (κ3) is 5.78. The first-order chi connectivity index (χ1) is 16.3. The molecule has 0 atom stereocenters. The van der Waals surface area contributed by atoms with E-state index in [2.05, 4.69) is 5.32 Å². The van der Waals surface area contributed by atoms with Crippen molar-refractivity contribution in [3.63, 3.8) is 0 Å². The molecule has 184 valence electrons. The Morgan fingerprint density at radius 1 is 0.882 bits per heavy atom. The minimum atomic E-state index is -3.56. The van der Waals surface area contributed by atoms with Gasteiger partial charge in [-0.1, -0.05) is 6.42 Å². The quantitative estimate of drug-likeness (QED) is 0.531. The van der Waals surface area contributed by atoms with E-state index in [1.54, 1.807) is 0 Å². The Labute approximate surface area is 198 Å². The van der Waals surface area contributed by atoms with Gasteiger partial charge in [-0.05, 0) is 37.1 Å². The van der Waals surface area contributed by atoms with Gasteiger partial charge in [0.2, 0.25) is 10.0 Å². The number of nitrogens with zero attached hydrogens (tertiary/aromatic N) is 1. The summed E-state index contributed by atoms with van der Waals surface area (Å²) >= 11 is 0.